The summed E-state index contributed by atoms with van der Waals surface area (Å²) in [7, 11) is 0. The normalized spacial score (nSPS) is 17.2. The van der Waals surface area contributed by atoms with Gasteiger partial charge in [0.1, 0.15) is 0 Å². The molecule has 0 saturated carbocycles. The molecule has 0 bridgehead atoms. The predicted octanol–water partition coefficient (Wildman–Crippen LogP) is 1.68. The first kappa shape index (κ1) is 24.1. The fourth-order valence-corrected chi connectivity index (χ4v) is 3.68. The van der Waals surface area contributed by atoms with Gasteiger partial charge in [-0.15, -0.1) is 0 Å². The Morgan fingerprint density at radius 2 is 2.06 bits per heavy atom. The molecule has 3 N–H and O–H groups in total. The summed E-state index contributed by atoms with van der Waals surface area (Å²) in [6.45, 7) is 2.05. The van der Waals surface area contributed by atoms with Gasteiger partial charge < -0.3 is 16.0 Å². The highest BCUT2D eigenvalue weighted by Gasteiger charge is 2.28. The van der Waals surface area contributed by atoms with Gasteiger partial charge in [0.25, 0.3) is 0 Å². The minimum absolute atomic E-state index is 0.0403. The Balaban J connectivity index is 1.55. The molecule has 8 nitrogen and oxygen atoms in total. The number of hydrogen-bond donors (Lipinski definition) is 2. The van der Waals surface area contributed by atoms with Crippen LogP contribution < -0.4 is 11.1 Å². The lowest BCUT2D eigenvalue weighted by Crippen LogP contribution is -2.44. The molecule has 8 heteroatoms. The topological polar surface area (TPSA) is 122 Å². The second-order valence-electron chi connectivity index (χ2n) is 8.32. The number of benzene rings is 1. The fraction of sp³-hybridized carbons (Fsp3) is 0.360. The van der Waals surface area contributed by atoms with Crippen molar-refractivity contribution in [3.8, 4) is 11.3 Å². The number of carbonyl (C=O) groups is 4. The second-order valence-corrected chi connectivity index (χ2v) is 8.32. The maximum absolute atomic E-state index is 12.9. The van der Waals surface area contributed by atoms with Crippen LogP contribution in [0.5, 0.6) is 0 Å². The van der Waals surface area contributed by atoms with Gasteiger partial charge in [-0.1, -0.05) is 31.2 Å². The molecule has 2 atom stereocenters. The van der Waals surface area contributed by atoms with E-state index in [1.807, 2.05) is 42.5 Å². The van der Waals surface area contributed by atoms with Crippen molar-refractivity contribution in [1.29, 1.82) is 0 Å². The quantitative estimate of drug-likeness (QED) is 0.635. The number of nitrogens with two attached hydrogens (primary N) is 1. The van der Waals surface area contributed by atoms with E-state index < -0.39 is 23.8 Å². The van der Waals surface area contributed by atoms with Crippen molar-refractivity contribution < 1.29 is 19.2 Å². The van der Waals surface area contributed by atoms with Crippen LogP contribution >= 0.6 is 0 Å². The molecule has 0 aliphatic carbocycles. The highest BCUT2D eigenvalue weighted by Crippen LogP contribution is 2.19. The van der Waals surface area contributed by atoms with Crippen LogP contribution in [0, 0.1) is 12.3 Å². The zero-order valence-corrected chi connectivity index (χ0v) is 18.7. The van der Waals surface area contributed by atoms with E-state index in [9.17, 15) is 19.2 Å². The Morgan fingerprint density at radius 3 is 2.79 bits per heavy atom. The first-order valence-corrected chi connectivity index (χ1v) is 11.1. The monoisotopic (exact) mass is 449 g/mol. The molecule has 1 aliphatic rings. The van der Waals surface area contributed by atoms with Crippen molar-refractivity contribution in [3.63, 3.8) is 0 Å². The number of ketones is 1. The van der Waals surface area contributed by atoms with Crippen molar-refractivity contribution in [2.45, 2.75) is 38.6 Å². The Kier molecular flexibility index (Phi) is 8.29. The van der Waals surface area contributed by atoms with Gasteiger partial charge in [0.05, 0.1) is 31.1 Å². The van der Waals surface area contributed by atoms with E-state index in [0.29, 0.717) is 19.4 Å². The van der Waals surface area contributed by atoms with E-state index >= 15 is 0 Å². The third kappa shape index (κ3) is 6.97. The second kappa shape index (κ2) is 11.4. The number of rotatable bonds is 8. The summed E-state index contributed by atoms with van der Waals surface area (Å²) < 4.78 is 0. The Labute approximate surface area is 193 Å². The van der Waals surface area contributed by atoms with Crippen molar-refractivity contribution in [2.75, 3.05) is 13.1 Å². The zero-order valence-electron chi connectivity index (χ0n) is 18.7. The molecule has 0 spiro atoms. The lowest BCUT2D eigenvalue weighted by Gasteiger charge is -2.20. The van der Waals surface area contributed by atoms with Crippen LogP contribution in [0.25, 0.3) is 11.3 Å². The number of Topliss-reactive ketones (excluding diaryl/α,β-unsaturated/α-hetero) is 1. The molecule has 173 valence electrons. The van der Waals surface area contributed by atoms with E-state index in [0.717, 1.165) is 16.8 Å². The van der Waals surface area contributed by atoms with E-state index in [2.05, 4.69) is 10.3 Å². The van der Waals surface area contributed by atoms with Crippen LogP contribution in [0.15, 0.2) is 48.7 Å². The van der Waals surface area contributed by atoms with Crippen molar-refractivity contribution >= 4 is 23.5 Å². The average molecular weight is 450 g/mol. The number of carbonyl (C=O) groups excluding carboxylic acids is 4. The number of nitrogens with one attached hydrogen (secondary N) is 1. The Bertz CT molecular complexity index is 1010. The molecule has 1 aliphatic heterocycles. The molecule has 1 unspecified atom stereocenters. The Morgan fingerprint density at radius 1 is 1.24 bits per heavy atom. The van der Waals surface area contributed by atoms with Crippen LogP contribution in [-0.4, -0.2) is 52.5 Å². The van der Waals surface area contributed by atoms with Gasteiger partial charge in [0.15, 0.2) is 5.78 Å². The highest BCUT2D eigenvalue weighted by molar-refractivity contribution is 5.95. The third-order valence-electron chi connectivity index (χ3n) is 5.71. The van der Waals surface area contributed by atoms with Crippen LogP contribution in [-0.2, 0) is 25.6 Å². The number of amides is 3. The highest BCUT2D eigenvalue weighted by atomic mass is 16.2. The summed E-state index contributed by atoms with van der Waals surface area (Å²) >= 11 is 0. The molecule has 33 heavy (non-hydrogen) atoms. The molecule has 3 amide bonds. The van der Waals surface area contributed by atoms with Crippen LogP contribution in [0.2, 0.25) is 0 Å². The lowest BCUT2D eigenvalue weighted by atomic mass is 10.0. The smallest absolute Gasteiger partial charge is 0.227 e. The zero-order chi connectivity index (χ0) is 23.8. The standard InChI is InChI=1S/C25H29N4O4/c1-17(25(26)33)10-11-23(31)28-21-9-5-13-29(16-22(21)30)24(32)15-18-6-4-7-19(14-18)20-8-2-3-12-27-20/h2-4,6-8,11-12,14,17,21H,5,9-10,13,15-16H2,1H3,(H2,26,33)(H,28,31)/t17?,21-/m0/s1. The van der Waals surface area contributed by atoms with Gasteiger partial charge in [-0.05, 0) is 43.0 Å². The number of primary amides is 1. The first-order valence-electron chi connectivity index (χ1n) is 11.1. The van der Waals surface area contributed by atoms with Crippen molar-refractivity contribution in [3.05, 3.63) is 60.6 Å². The molecular formula is C25H29N4O4. The number of aromatic nitrogens is 1. The summed E-state index contributed by atoms with van der Waals surface area (Å²) in [4.78, 5) is 54.7. The van der Waals surface area contributed by atoms with Gasteiger partial charge in [-0.25, -0.2) is 0 Å². The predicted molar refractivity (Wildman–Crippen MR) is 123 cm³/mol. The van der Waals surface area contributed by atoms with Crippen molar-refractivity contribution in [1.82, 2.24) is 15.2 Å². The fourth-order valence-electron chi connectivity index (χ4n) is 3.68. The third-order valence-corrected chi connectivity index (χ3v) is 5.71. The summed E-state index contributed by atoms with van der Waals surface area (Å²) in [5, 5.41) is 2.70. The summed E-state index contributed by atoms with van der Waals surface area (Å²) in [5.74, 6) is -1.68. The molecule has 1 saturated heterocycles. The molecule has 1 aromatic heterocycles. The minimum atomic E-state index is -0.650. The molecule has 1 aromatic carbocycles. The largest absolute Gasteiger partial charge is 0.369 e. The first-order chi connectivity index (χ1) is 15.8. The number of likely N-dealkylation sites (tertiary alicyclic amines) is 1. The Hall–Kier alpha value is -3.55. The molecule has 3 rings (SSSR count). The molecule has 2 aromatic rings. The lowest BCUT2D eigenvalue weighted by molar-refractivity contribution is -0.134. The maximum Gasteiger partial charge on any atom is 0.227 e. The number of pyridine rings is 1. The molecule has 2 heterocycles. The number of nitrogens with zero attached hydrogens (tertiary/aromatic N) is 2. The maximum atomic E-state index is 12.9. The van der Waals surface area contributed by atoms with E-state index in [-0.39, 0.29) is 31.1 Å². The van der Waals surface area contributed by atoms with Crippen LogP contribution in [0.1, 0.15) is 31.7 Å². The molecule has 1 radical (unpaired) electrons. The number of hydrogen-bond acceptors (Lipinski definition) is 5. The summed E-state index contributed by atoms with van der Waals surface area (Å²) in [6.07, 6.45) is 4.53. The van der Waals surface area contributed by atoms with Crippen LogP contribution in [0.4, 0.5) is 0 Å². The van der Waals surface area contributed by atoms with Crippen molar-refractivity contribution in [2.24, 2.45) is 11.7 Å². The minimum Gasteiger partial charge on any atom is -0.369 e. The average Bonchev–Trinajstić information content (AvgIpc) is 2.99. The SMILES string of the molecule is CC(C[CH]C(=O)N[C@H]1CCCN(C(=O)Cc2cccc(-c3ccccn3)c2)CC1=O)C(N)=O. The van der Waals surface area contributed by atoms with E-state index in [4.69, 9.17) is 5.73 Å². The van der Waals surface area contributed by atoms with Gasteiger partial charge in [0.2, 0.25) is 17.7 Å². The van der Waals surface area contributed by atoms with Gasteiger partial charge in [0, 0.05) is 24.2 Å². The van der Waals surface area contributed by atoms with E-state index in [1.54, 1.807) is 18.0 Å². The molecular weight excluding hydrogens is 420 g/mol. The molecule has 1 fully saturated rings. The van der Waals surface area contributed by atoms with Crippen LogP contribution in [0.3, 0.4) is 0 Å². The summed E-state index contributed by atoms with van der Waals surface area (Å²) in [5.41, 5.74) is 7.81. The van der Waals surface area contributed by atoms with Gasteiger partial charge in [-0.2, -0.15) is 0 Å². The summed E-state index contributed by atoms with van der Waals surface area (Å²) in [6, 6.07) is 12.7. The van der Waals surface area contributed by atoms with Gasteiger partial charge >= 0.3 is 0 Å². The van der Waals surface area contributed by atoms with Gasteiger partial charge in [-0.3, -0.25) is 24.2 Å². The van der Waals surface area contributed by atoms with E-state index in [1.165, 1.54) is 6.42 Å².